The van der Waals surface area contributed by atoms with Crippen LogP contribution in [-0.4, -0.2) is 35.6 Å². The molecular formula is C32H38N4O3. The summed E-state index contributed by atoms with van der Waals surface area (Å²) >= 11 is 0. The highest BCUT2D eigenvalue weighted by atomic mass is 16.5. The maximum atomic E-state index is 13.2. The molecule has 1 saturated heterocycles. The molecule has 1 aliphatic rings. The van der Waals surface area contributed by atoms with Gasteiger partial charge in [0, 0.05) is 35.5 Å². The van der Waals surface area contributed by atoms with Crippen LogP contribution in [0.4, 0.5) is 16.3 Å². The number of urea groups is 1. The zero-order valence-corrected chi connectivity index (χ0v) is 23.3. The van der Waals surface area contributed by atoms with Crippen LogP contribution in [-0.2, 0) is 10.2 Å². The Morgan fingerprint density at radius 2 is 1.82 bits per heavy atom. The molecule has 7 heteroatoms. The molecule has 0 saturated carbocycles. The summed E-state index contributed by atoms with van der Waals surface area (Å²) in [7, 11) is 0. The fourth-order valence-electron chi connectivity index (χ4n) is 4.87. The number of aromatic nitrogens is 2. The number of hydrogen-bond acceptors (Lipinski definition) is 4. The maximum Gasteiger partial charge on any atom is 0.324 e. The van der Waals surface area contributed by atoms with Gasteiger partial charge in [-0.3, -0.25) is 5.32 Å². The van der Waals surface area contributed by atoms with Crippen molar-refractivity contribution in [2.45, 2.75) is 52.4 Å². The van der Waals surface area contributed by atoms with Crippen molar-refractivity contribution >= 4 is 28.3 Å². The average Bonchev–Trinajstić information content (AvgIpc) is 3.35. The summed E-state index contributed by atoms with van der Waals surface area (Å²) in [5.41, 5.74) is 3.49. The fraction of sp³-hybridized carbons (Fsp3) is 0.375. The molecule has 0 bridgehead atoms. The van der Waals surface area contributed by atoms with Crippen LogP contribution in [0.5, 0.6) is 5.75 Å². The molecule has 5 rings (SSSR count). The van der Waals surface area contributed by atoms with Gasteiger partial charge >= 0.3 is 6.03 Å². The topological polar surface area (TPSA) is 77.4 Å². The van der Waals surface area contributed by atoms with Crippen LogP contribution in [0.15, 0.2) is 66.7 Å². The lowest BCUT2D eigenvalue weighted by Gasteiger charge is -2.22. The summed E-state index contributed by atoms with van der Waals surface area (Å²) < 4.78 is 13.6. The number of carbonyl (C=O) groups is 1. The normalized spacial score (nSPS) is 15.7. The second-order valence-corrected chi connectivity index (χ2v) is 11.4. The summed E-state index contributed by atoms with van der Waals surface area (Å²) in [6.45, 7) is 10.7. The van der Waals surface area contributed by atoms with E-state index < -0.39 is 0 Å². The lowest BCUT2D eigenvalue weighted by molar-refractivity contribution is 0.0463. The molecule has 39 heavy (non-hydrogen) atoms. The van der Waals surface area contributed by atoms with E-state index in [1.807, 2.05) is 73.7 Å². The van der Waals surface area contributed by atoms with Crippen LogP contribution in [0.1, 0.15) is 51.3 Å². The van der Waals surface area contributed by atoms with Crippen molar-refractivity contribution in [3.05, 3.63) is 78.0 Å². The first kappa shape index (κ1) is 26.8. The molecule has 1 atom stereocenters. The van der Waals surface area contributed by atoms with Crippen molar-refractivity contribution in [2.75, 3.05) is 30.5 Å². The van der Waals surface area contributed by atoms with Gasteiger partial charge < -0.3 is 14.8 Å². The Morgan fingerprint density at radius 1 is 1.05 bits per heavy atom. The van der Waals surface area contributed by atoms with Crippen molar-refractivity contribution in [3.8, 4) is 11.4 Å². The fourth-order valence-corrected chi connectivity index (χ4v) is 4.87. The molecule has 1 aliphatic heterocycles. The minimum atomic E-state index is -0.333. The Bertz CT molecular complexity index is 1430. The Labute approximate surface area is 230 Å². The van der Waals surface area contributed by atoms with Crippen molar-refractivity contribution in [1.29, 1.82) is 0 Å². The maximum absolute atomic E-state index is 13.2. The molecule has 1 aromatic heterocycles. The van der Waals surface area contributed by atoms with Gasteiger partial charge in [-0.1, -0.05) is 62.7 Å². The third kappa shape index (κ3) is 6.42. The summed E-state index contributed by atoms with van der Waals surface area (Å²) in [6, 6.07) is 21.5. The number of aryl methyl sites for hydroxylation is 1. The number of anilines is 2. The van der Waals surface area contributed by atoms with Crippen molar-refractivity contribution in [2.24, 2.45) is 5.92 Å². The number of fused-ring (bicyclic) bond motifs is 1. The third-order valence-corrected chi connectivity index (χ3v) is 7.17. The molecule has 3 aromatic carbocycles. The van der Waals surface area contributed by atoms with E-state index in [0.29, 0.717) is 24.0 Å². The Balaban J connectivity index is 1.33. The van der Waals surface area contributed by atoms with E-state index in [2.05, 4.69) is 31.4 Å². The van der Waals surface area contributed by atoms with Crippen LogP contribution in [0.3, 0.4) is 0 Å². The lowest BCUT2D eigenvalue weighted by Crippen LogP contribution is -2.21. The number of amides is 2. The number of nitrogens with one attached hydrogen (secondary N) is 2. The Morgan fingerprint density at radius 3 is 2.54 bits per heavy atom. The number of benzene rings is 3. The zero-order valence-electron chi connectivity index (χ0n) is 23.3. The SMILES string of the molecule is Cc1ccc(-n2nc(C(C)(C)C)cc2NC(=O)Nc2ccc(OCCC3CCCOC3)c3ccccc23)cc1. The Hall–Kier alpha value is -3.84. The first-order valence-corrected chi connectivity index (χ1v) is 13.8. The summed E-state index contributed by atoms with van der Waals surface area (Å²) in [5.74, 6) is 1.99. The molecule has 0 radical (unpaired) electrons. The predicted octanol–water partition coefficient (Wildman–Crippen LogP) is 7.47. The largest absolute Gasteiger partial charge is 0.493 e. The highest BCUT2D eigenvalue weighted by Gasteiger charge is 2.22. The van der Waals surface area contributed by atoms with E-state index in [1.54, 1.807) is 4.68 Å². The zero-order chi connectivity index (χ0) is 27.4. The number of nitrogens with zero attached hydrogens (tertiary/aromatic N) is 2. The minimum Gasteiger partial charge on any atom is -0.493 e. The molecule has 1 fully saturated rings. The number of ether oxygens (including phenoxy) is 2. The van der Waals surface area contributed by atoms with E-state index >= 15 is 0 Å². The van der Waals surface area contributed by atoms with Gasteiger partial charge in [-0.2, -0.15) is 5.10 Å². The number of hydrogen-bond donors (Lipinski definition) is 2. The molecule has 0 spiro atoms. The quantitative estimate of drug-likeness (QED) is 0.262. The number of carbonyl (C=O) groups excluding carboxylic acids is 1. The molecule has 2 N–H and O–H groups in total. The molecule has 4 aromatic rings. The molecule has 0 aliphatic carbocycles. The van der Waals surface area contributed by atoms with E-state index in [-0.39, 0.29) is 11.4 Å². The van der Waals surface area contributed by atoms with Gasteiger partial charge in [-0.15, -0.1) is 0 Å². The lowest BCUT2D eigenvalue weighted by atomic mass is 9.92. The van der Waals surface area contributed by atoms with Crippen LogP contribution in [0.2, 0.25) is 0 Å². The van der Waals surface area contributed by atoms with E-state index in [0.717, 1.165) is 59.5 Å². The van der Waals surface area contributed by atoms with Crippen LogP contribution in [0.25, 0.3) is 16.5 Å². The first-order valence-electron chi connectivity index (χ1n) is 13.8. The second kappa shape index (κ2) is 11.5. The molecule has 7 nitrogen and oxygen atoms in total. The highest BCUT2D eigenvalue weighted by molar-refractivity contribution is 6.07. The van der Waals surface area contributed by atoms with Crippen LogP contribution >= 0.6 is 0 Å². The van der Waals surface area contributed by atoms with E-state index in [4.69, 9.17) is 14.6 Å². The minimum absolute atomic E-state index is 0.168. The summed E-state index contributed by atoms with van der Waals surface area (Å²) in [5, 5.41) is 12.8. The first-order chi connectivity index (χ1) is 18.8. The molecule has 1 unspecified atom stereocenters. The monoisotopic (exact) mass is 526 g/mol. The smallest absolute Gasteiger partial charge is 0.324 e. The molecular weight excluding hydrogens is 488 g/mol. The van der Waals surface area contributed by atoms with Gasteiger partial charge in [0.25, 0.3) is 0 Å². The standard InChI is InChI=1S/C32H38N4O3/c1-22-11-13-24(14-12-22)36-30(20-29(35-36)32(2,3)4)34-31(37)33-27-15-16-28(26-10-6-5-9-25(26)27)39-19-17-23-8-7-18-38-21-23/h5-6,9-16,20,23H,7-8,17-19,21H2,1-4H3,(H2,33,34,37). The van der Waals surface area contributed by atoms with Crippen molar-refractivity contribution < 1.29 is 14.3 Å². The molecule has 204 valence electrons. The number of rotatable bonds is 7. The average molecular weight is 527 g/mol. The van der Waals surface area contributed by atoms with Gasteiger partial charge in [0.15, 0.2) is 0 Å². The van der Waals surface area contributed by atoms with Gasteiger partial charge in [-0.25, -0.2) is 9.48 Å². The third-order valence-electron chi connectivity index (χ3n) is 7.17. The second-order valence-electron chi connectivity index (χ2n) is 11.4. The van der Waals surface area contributed by atoms with Gasteiger partial charge in [0.2, 0.25) is 0 Å². The highest BCUT2D eigenvalue weighted by Crippen LogP contribution is 2.33. The summed E-state index contributed by atoms with van der Waals surface area (Å²) in [6.07, 6.45) is 3.30. The van der Waals surface area contributed by atoms with E-state index in [9.17, 15) is 4.79 Å². The predicted molar refractivity (Wildman–Crippen MR) is 157 cm³/mol. The van der Waals surface area contributed by atoms with Gasteiger partial charge in [0.05, 0.1) is 23.7 Å². The van der Waals surface area contributed by atoms with Crippen LogP contribution < -0.4 is 15.4 Å². The molecule has 2 amide bonds. The summed E-state index contributed by atoms with van der Waals surface area (Å²) in [4.78, 5) is 13.2. The van der Waals surface area contributed by atoms with Gasteiger partial charge in [0.1, 0.15) is 11.6 Å². The van der Waals surface area contributed by atoms with Gasteiger partial charge in [-0.05, 0) is 56.4 Å². The molecule has 2 heterocycles. The van der Waals surface area contributed by atoms with Crippen molar-refractivity contribution in [3.63, 3.8) is 0 Å². The van der Waals surface area contributed by atoms with E-state index in [1.165, 1.54) is 6.42 Å². The van der Waals surface area contributed by atoms with Crippen LogP contribution in [0, 0.1) is 12.8 Å². The van der Waals surface area contributed by atoms with Crippen molar-refractivity contribution in [1.82, 2.24) is 9.78 Å². The Kier molecular flexibility index (Phi) is 7.89.